The Bertz CT molecular complexity index is 112. The summed E-state index contributed by atoms with van der Waals surface area (Å²) in [5.74, 6) is 0. The van der Waals surface area contributed by atoms with E-state index in [1.807, 2.05) is 0 Å². The zero-order chi connectivity index (χ0) is 7.61. The minimum absolute atomic E-state index is 0.373. The van der Waals surface area contributed by atoms with Gasteiger partial charge in [-0.25, -0.2) is 4.39 Å². The number of hydrogen-bond acceptors (Lipinski definition) is 2. The molecule has 0 heterocycles. The Hall–Kier alpha value is -0.150. The lowest BCUT2D eigenvalue weighted by Crippen LogP contribution is -2.31. The number of alkyl halides is 1. The van der Waals surface area contributed by atoms with E-state index in [0.717, 1.165) is 0 Å². The van der Waals surface area contributed by atoms with Crippen LogP contribution in [0.5, 0.6) is 0 Å². The van der Waals surface area contributed by atoms with Gasteiger partial charge in [0.15, 0.2) is 0 Å². The molecule has 0 bridgehead atoms. The topological polar surface area (TPSA) is 32.3 Å². The van der Waals surface area contributed by atoms with Crippen molar-refractivity contribution in [2.45, 2.75) is 31.5 Å². The number of aliphatic hydroxyl groups excluding tert-OH is 1. The quantitative estimate of drug-likeness (QED) is 0.605. The van der Waals surface area contributed by atoms with Crippen molar-refractivity contribution in [3.63, 3.8) is 0 Å². The monoisotopic (exact) mass is 147 g/mol. The van der Waals surface area contributed by atoms with Gasteiger partial charge in [-0.15, -0.1) is 0 Å². The molecule has 0 spiro atoms. The van der Waals surface area contributed by atoms with Crippen LogP contribution in [-0.2, 0) is 0 Å². The lowest BCUT2D eigenvalue weighted by molar-refractivity contribution is 0.184. The standard InChI is InChI=1S/C7H14FNO/c1-6(10)4-9-5-7(8)2-3-7/h6,9-10H,2-5H2,1H3/t6-/m1/s1. The van der Waals surface area contributed by atoms with Gasteiger partial charge < -0.3 is 10.4 Å². The molecular weight excluding hydrogens is 133 g/mol. The Balaban J connectivity index is 1.95. The predicted octanol–water partition coefficient (Wildman–Crippen LogP) is 0.459. The molecule has 0 saturated heterocycles. The Labute approximate surface area is 60.4 Å². The Morgan fingerprint density at radius 2 is 2.30 bits per heavy atom. The van der Waals surface area contributed by atoms with Crippen LogP contribution < -0.4 is 5.32 Å². The van der Waals surface area contributed by atoms with Crippen molar-refractivity contribution < 1.29 is 9.50 Å². The van der Waals surface area contributed by atoms with Gasteiger partial charge >= 0.3 is 0 Å². The molecule has 0 amide bonds. The maximum absolute atomic E-state index is 12.8. The number of rotatable bonds is 4. The molecule has 1 saturated carbocycles. The van der Waals surface area contributed by atoms with Gasteiger partial charge in [0.25, 0.3) is 0 Å². The first kappa shape index (κ1) is 7.95. The number of halogens is 1. The molecule has 0 aromatic carbocycles. The van der Waals surface area contributed by atoms with Crippen LogP contribution in [0.4, 0.5) is 4.39 Å². The van der Waals surface area contributed by atoms with E-state index in [-0.39, 0.29) is 6.10 Å². The molecule has 3 heteroatoms. The molecule has 10 heavy (non-hydrogen) atoms. The third kappa shape index (κ3) is 2.62. The van der Waals surface area contributed by atoms with Crippen LogP contribution in [0, 0.1) is 0 Å². The van der Waals surface area contributed by atoms with Crippen molar-refractivity contribution in [2.75, 3.05) is 13.1 Å². The molecule has 0 aromatic rings. The SMILES string of the molecule is C[C@@H](O)CNCC1(F)CC1. The lowest BCUT2D eigenvalue weighted by atomic mass is 10.3. The number of aliphatic hydroxyl groups is 1. The summed E-state index contributed by atoms with van der Waals surface area (Å²) in [6.45, 7) is 2.58. The van der Waals surface area contributed by atoms with E-state index in [1.54, 1.807) is 6.92 Å². The molecular formula is C7H14FNO. The lowest BCUT2D eigenvalue weighted by Gasteiger charge is -2.08. The molecule has 1 aliphatic carbocycles. The van der Waals surface area contributed by atoms with Gasteiger partial charge in [-0.2, -0.15) is 0 Å². The molecule has 1 rings (SSSR count). The summed E-state index contributed by atoms with van der Waals surface area (Å²) in [4.78, 5) is 0. The molecule has 1 fully saturated rings. The molecule has 60 valence electrons. The molecule has 1 aliphatic rings. The van der Waals surface area contributed by atoms with Gasteiger partial charge in [-0.3, -0.25) is 0 Å². The minimum atomic E-state index is -0.936. The molecule has 1 atom stereocenters. The normalized spacial score (nSPS) is 24.3. The first-order chi connectivity index (χ1) is 4.62. The second-order valence-corrected chi connectivity index (χ2v) is 3.13. The predicted molar refractivity (Wildman–Crippen MR) is 37.6 cm³/mol. The number of nitrogens with one attached hydrogen (secondary N) is 1. The largest absolute Gasteiger partial charge is 0.392 e. The zero-order valence-electron chi connectivity index (χ0n) is 6.23. The smallest absolute Gasteiger partial charge is 0.123 e. The average molecular weight is 147 g/mol. The minimum Gasteiger partial charge on any atom is -0.392 e. The second kappa shape index (κ2) is 2.84. The number of hydrogen-bond donors (Lipinski definition) is 2. The Morgan fingerprint density at radius 3 is 2.70 bits per heavy atom. The van der Waals surface area contributed by atoms with Crippen LogP contribution in [-0.4, -0.2) is 30.0 Å². The van der Waals surface area contributed by atoms with Gasteiger partial charge in [-0.05, 0) is 19.8 Å². The Kier molecular flexibility index (Phi) is 2.26. The Morgan fingerprint density at radius 1 is 1.70 bits per heavy atom. The van der Waals surface area contributed by atoms with Gasteiger partial charge in [0.1, 0.15) is 5.67 Å². The molecule has 2 N–H and O–H groups in total. The summed E-state index contributed by atoms with van der Waals surface area (Å²) < 4.78 is 12.8. The van der Waals surface area contributed by atoms with Crippen LogP contribution >= 0.6 is 0 Å². The maximum atomic E-state index is 12.8. The fraction of sp³-hybridized carbons (Fsp3) is 1.00. The van der Waals surface area contributed by atoms with E-state index >= 15 is 0 Å². The van der Waals surface area contributed by atoms with Crippen molar-refractivity contribution in [3.8, 4) is 0 Å². The van der Waals surface area contributed by atoms with Gasteiger partial charge in [0.05, 0.1) is 6.10 Å². The van der Waals surface area contributed by atoms with E-state index in [0.29, 0.717) is 25.9 Å². The summed E-state index contributed by atoms with van der Waals surface area (Å²) in [5, 5.41) is 11.6. The first-order valence-corrected chi connectivity index (χ1v) is 3.70. The summed E-state index contributed by atoms with van der Waals surface area (Å²) in [7, 11) is 0. The van der Waals surface area contributed by atoms with E-state index in [1.165, 1.54) is 0 Å². The first-order valence-electron chi connectivity index (χ1n) is 3.70. The third-order valence-corrected chi connectivity index (χ3v) is 1.67. The third-order valence-electron chi connectivity index (χ3n) is 1.67. The summed E-state index contributed by atoms with van der Waals surface area (Å²) >= 11 is 0. The summed E-state index contributed by atoms with van der Waals surface area (Å²) in [6.07, 6.45) is 0.988. The molecule has 0 unspecified atom stereocenters. The molecule has 0 aliphatic heterocycles. The second-order valence-electron chi connectivity index (χ2n) is 3.13. The highest BCUT2D eigenvalue weighted by Gasteiger charge is 2.42. The van der Waals surface area contributed by atoms with E-state index in [9.17, 15) is 4.39 Å². The highest BCUT2D eigenvalue weighted by Crippen LogP contribution is 2.38. The molecule has 2 nitrogen and oxygen atoms in total. The maximum Gasteiger partial charge on any atom is 0.123 e. The highest BCUT2D eigenvalue weighted by molar-refractivity contribution is 4.95. The van der Waals surface area contributed by atoms with Crippen LogP contribution in [0.15, 0.2) is 0 Å². The summed E-state index contributed by atoms with van der Waals surface area (Å²) in [6, 6.07) is 0. The van der Waals surface area contributed by atoms with E-state index < -0.39 is 5.67 Å². The fourth-order valence-corrected chi connectivity index (χ4v) is 0.817. The summed E-state index contributed by atoms with van der Waals surface area (Å²) in [5.41, 5.74) is -0.936. The highest BCUT2D eigenvalue weighted by atomic mass is 19.1. The zero-order valence-corrected chi connectivity index (χ0v) is 6.23. The van der Waals surface area contributed by atoms with E-state index in [2.05, 4.69) is 5.32 Å². The molecule has 0 aromatic heterocycles. The van der Waals surface area contributed by atoms with Crippen LogP contribution in [0.1, 0.15) is 19.8 Å². The van der Waals surface area contributed by atoms with E-state index in [4.69, 9.17) is 5.11 Å². The van der Waals surface area contributed by atoms with Crippen LogP contribution in [0.25, 0.3) is 0 Å². The van der Waals surface area contributed by atoms with Crippen LogP contribution in [0.2, 0.25) is 0 Å². The van der Waals surface area contributed by atoms with Gasteiger partial charge in [0, 0.05) is 13.1 Å². The van der Waals surface area contributed by atoms with Crippen molar-refractivity contribution in [3.05, 3.63) is 0 Å². The van der Waals surface area contributed by atoms with Crippen molar-refractivity contribution >= 4 is 0 Å². The van der Waals surface area contributed by atoms with Crippen molar-refractivity contribution in [1.29, 1.82) is 0 Å². The van der Waals surface area contributed by atoms with Gasteiger partial charge in [0.2, 0.25) is 0 Å². The fourth-order valence-electron chi connectivity index (χ4n) is 0.817. The van der Waals surface area contributed by atoms with Crippen molar-refractivity contribution in [2.24, 2.45) is 0 Å². The van der Waals surface area contributed by atoms with Crippen molar-refractivity contribution in [1.82, 2.24) is 5.32 Å². The molecule has 0 radical (unpaired) electrons. The average Bonchev–Trinajstić information content (AvgIpc) is 2.47. The van der Waals surface area contributed by atoms with Crippen LogP contribution in [0.3, 0.4) is 0 Å². The van der Waals surface area contributed by atoms with Gasteiger partial charge in [-0.1, -0.05) is 0 Å².